The number of sulfone groups is 1. The van der Waals surface area contributed by atoms with Crippen molar-refractivity contribution in [2.75, 3.05) is 11.6 Å². The van der Waals surface area contributed by atoms with Gasteiger partial charge < -0.3 is 14.6 Å². The summed E-state index contributed by atoms with van der Waals surface area (Å²) >= 11 is 0. The largest absolute Gasteiger partial charge is 0.373 e. The highest BCUT2D eigenvalue weighted by Gasteiger charge is 2.24. The molecule has 4 rings (SSSR count). The van der Waals surface area contributed by atoms with Crippen LogP contribution in [0.15, 0.2) is 77.7 Å². The first-order valence-corrected chi connectivity index (χ1v) is 14.8. The number of nitrogens with one attached hydrogen (secondary N) is 1. The quantitative estimate of drug-likeness (QED) is 0.218. The maximum Gasteiger partial charge on any atom is 0.265 e. The van der Waals surface area contributed by atoms with E-state index >= 15 is 0 Å². The Morgan fingerprint density at radius 3 is 2.34 bits per heavy atom. The fourth-order valence-corrected chi connectivity index (χ4v) is 5.76. The van der Waals surface area contributed by atoms with Gasteiger partial charge in [-0.1, -0.05) is 30.3 Å². The lowest BCUT2D eigenvalue weighted by Gasteiger charge is -2.19. The van der Waals surface area contributed by atoms with Crippen LogP contribution in [0.25, 0.3) is 5.69 Å². The number of nitrogens with zero attached hydrogens (tertiary/aromatic N) is 1. The summed E-state index contributed by atoms with van der Waals surface area (Å²) < 4.78 is 73.4. The van der Waals surface area contributed by atoms with Gasteiger partial charge >= 0.3 is 0 Å². The summed E-state index contributed by atoms with van der Waals surface area (Å²) in [6.45, 7) is 5.45. The summed E-state index contributed by atoms with van der Waals surface area (Å²) in [7, 11) is -3.43. The van der Waals surface area contributed by atoms with E-state index in [4.69, 9.17) is 4.74 Å². The number of amides is 1. The second-order valence-corrected chi connectivity index (χ2v) is 12.0. The molecule has 0 saturated heterocycles. The molecule has 3 aromatic carbocycles. The van der Waals surface area contributed by atoms with E-state index < -0.39 is 33.6 Å². The standard InChI is InChI=1S/C31H31F3N2O4S/c1-19-14-24(11-13-29(19)41(4,38)39)35-31(37)26-17-25(15-20(2)40-18-22-8-6-5-7-9-22)36(21(26)3)28-12-10-23(32)16-27(28)30(33)34/h5-14,16-17,20,30H,15,18H2,1-4H3,(H,35,37)/t20-/m0/s1. The van der Waals surface area contributed by atoms with Crippen LogP contribution in [0.2, 0.25) is 0 Å². The van der Waals surface area contributed by atoms with Crippen molar-refractivity contribution in [3.05, 3.63) is 112 Å². The monoisotopic (exact) mass is 584 g/mol. The highest BCUT2D eigenvalue weighted by atomic mass is 32.2. The number of hydrogen-bond donors (Lipinski definition) is 1. The lowest BCUT2D eigenvalue weighted by molar-refractivity contribution is 0.0526. The number of aromatic nitrogens is 1. The molecule has 0 aliphatic carbocycles. The Morgan fingerprint density at radius 1 is 1.00 bits per heavy atom. The number of carbonyl (C=O) groups is 1. The fourth-order valence-electron chi connectivity index (χ4n) is 4.80. The van der Waals surface area contributed by atoms with Gasteiger partial charge in [-0.2, -0.15) is 0 Å². The number of halogens is 3. The van der Waals surface area contributed by atoms with Crippen molar-refractivity contribution in [2.24, 2.45) is 0 Å². The molecule has 6 nitrogen and oxygen atoms in total. The third kappa shape index (κ3) is 7.07. The minimum atomic E-state index is -3.43. The van der Waals surface area contributed by atoms with Gasteiger partial charge in [0.05, 0.1) is 28.9 Å². The van der Waals surface area contributed by atoms with E-state index in [1.165, 1.54) is 22.8 Å². The zero-order valence-corrected chi connectivity index (χ0v) is 23.9. The fraction of sp³-hybridized carbons (Fsp3) is 0.258. The lowest BCUT2D eigenvalue weighted by atomic mass is 10.1. The normalized spacial score (nSPS) is 12.5. The molecule has 0 unspecified atom stereocenters. The summed E-state index contributed by atoms with van der Waals surface area (Å²) in [6, 6.07) is 18.8. The highest BCUT2D eigenvalue weighted by molar-refractivity contribution is 7.90. The molecule has 1 atom stereocenters. The topological polar surface area (TPSA) is 77.4 Å². The lowest BCUT2D eigenvalue weighted by Crippen LogP contribution is -2.16. The summed E-state index contributed by atoms with van der Waals surface area (Å²) in [5.41, 5.74) is 2.53. The van der Waals surface area contributed by atoms with Crippen molar-refractivity contribution in [1.82, 2.24) is 4.57 Å². The van der Waals surface area contributed by atoms with Gasteiger partial charge in [-0.3, -0.25) is 4.79 Å². The first-order chi connectivity index (χ1) is 19.3. The smallest absolute Gasteiger partial charge is 0.265 e. The van der Waals surface area contributed by atoms with E-state index in [9.17, 15) is 26.4 Å². The van der Waals surface area contributed by atoms with Crippen molar-refractivity contribution < 1.29 is 31.1 Å². The summed E-state index contributed by atoms with van der Waals surface area (Å²) in [4.78, 5) is 13.6. The average Bonchev–Trinajstić information content (AvgIpc) is 3.22. The molecule has 0 radical (unpaired) electrons. The third-order valence-corrected chi connectivity index (χ3v) is 8.00. The zero-order valence-electron chi connectivity index (χ0n) is 23.1. The summed E-state index contributed by atoms with van der Waals surface area (Å²) in [5.74, 6) is -1.30. The van der Waals surface area contributed by atoms with Gasteiger partial charge in [-0.15, -0.1) is 0 Å². The molecule has 4 aromatic rings. The van der Waals surface area contributed by atoms with Crippen LogP contribution in [0.1, 0.15) is 51.8 Å². The van der Waals surface area contributed by atoms with Crippen LogP contribution in [0.3, 0.4) is 0 Å². The van der Waals surface area contributed by atoms with E-state index in [0.29, 0.717) is 29.2 Å². The number of benzene rings is 3. The number of aryl methyl sites for hydroxylation is 1. The molecule has 0 spiro atoms. The van der Waals surface area contributed by atoms with Crippen LogP contribution >= 0.6 is 0 Å². The maximum atomic E-state index is 14.0. The summed E-state index contributed by atoms with van der Waals surface area (Å²) in [5, 5.41) is 2.77. The molecule has 0 saturated carbocycles. The van der Waals surface area contributed by atoms with E-state index in [0.717, 1.165) is 24.0 Å². The molecule has 1 aromatic heterocycles. The zero-order chi connectivity index (χ0) is 29.9. The molecule has 1 amide bonds. The number of alkyl halides is 2. The van der Waals surface area contributed by atoms with Crippen molar-refractivity contribution in [3.8, 4) is 5.69 Å². The van der Waals surface area contributed by atoms with Gasteiger partial charge in [-0.05, 0) is 74.4 Å². The van der Waals surface area contributed by atoms with Gasteiger partial charge in [0, 0.05) is 35.3 Å². The Kier molecular flexibility index (Phi) is 9.04. The number of ether oxygens (including phenoxy) is 1. The molecule has 1 N–H and O–H groups in total. The van der Waals surface area contributed by atoms with E-state index in [1.54, 1.807) is 26.0 Å². The molecule has 41 heavy (non-hydrogen) atoms. The molecular weight excluding hydrogens is 553 g/mol. The van der Waals surface area contributed by atoms with Crippen LogP contribution < -0.4 is 5.32 Å². The highest BCUT2D eigenvalue weighted by Crippen LogP contribution is 2.32. The van der Waals surface area contributed by atoms with Crippen molar-refractivity contribution in [1.29, 1.82) is 0 Å². The number of anilines is 1. The third-order valence-electron chi connectivity index (χ3n) is 6.74. The Labute approximate surface area is 237 Å². The number of carbonyl (C=O) groups excluding carboxylic acids is 1. The van der Waals surface area contributed by atoms with Gasteiger partial charge in [0.15, 0.2) is 9.84 Å². The van der Waals surface area contributed by atoms with Gasteiger partial charge in [0.1, 0.15) is 5.82 Å². The van der Waals surface area contributed by atoms with Gasteiger partial charge in [0.2, 0.25) is 0 Å². The molecule has 216 valence electrons. The van der Waals surface area contributed by atoms with Crippen LogP contribution in [0.5, 0.6) is 0 Å². The molecule has 1 heterocycles. The first kappa shape index (κ1) is 30.1. The Balaban J connectivity index is 1.70. The van der Waals surface area contributed by atoms with Gasteiger partial charge in [0.25, 0.3) is 12.3 Å². The molecule has 0 fully saturated rings. The molecule has 0 bridgehead atoms. The maximum absolute atomic E-state index is 14.0. The molecule has 10 heteroatoms. The predicted octanol–water partition coefficient (Wildman–Crippen LogP) is 6.97. The van der Waals surface area contributed by atoms with Crippen LogP contribution in [-0.2, 0) is 27.6 Å². The predicted molar refractivity (Wildman–Crippen MR) is 152 cm³/mol. The molecular formula is C31H31F3N2O4S. The minimum absolute atomic E-state index is 0.0663. The SMILES string of the molecule is Cc1cc(NC(=O)c2cc(C[C@H](C)OCc3ccccc3)n(-c3ccc(F)cc3C(F)F)c2C)ccc1S(C)(=O)=O. The van der Waals surface area contributed by atoms with E-state index in [-0.39, 0.29) is 28.7 Å². The van der Waals surface area contributed by atoms with E-state index in [2.05, 4.69) is 5.32 Å². The van der Waals surface area contributed by atoms with E-state index in [1.807, 2.05) is 37.3 Å². The van der Waals surface area contributed by atoms with Crippen molar-refractivity contribution in [3.63, 3.8) is 0 Å². The molecule has 0 aliphatic rings. The second-order valence-electron chi connectivity index (χ2n) is 9.99. The summed E-state index contributed by atoms with van der Waals surface area (Å²) in [6.07, 6.45) is -1.91. The van der Waals surface area contributed by atoms with Crippen LogP contribution in [0.4, 0.5) is 18.9 Å². The van der Waals surface area contributed by atoms with Gasteiger partial charge in [-0.25, -0.2) is 21.6 Å². The van der Waals surface area contributed by atoms with Crippen LogP contribution in [0, 0.1) is 19.7 Å². The number of rotatable bonds is 10. The number of hydrogen-bond acceptors (Lipinski definition) is 4. The Morgan fingerprint density at radius 2 is 1.71 bits per heavy atom. The van der Waals surface area contributed by atoms with Crippen molar-refractivity contribution >= 4 is 21.4 Å². The Hall–Kier alpha value is -3.89. The second kappa shape index (κ2) is 12.3. The molecule has 0 aliphatic heterocycles. The average molecular weight is 585 g/mol. The Bertz CT molecular complexity index is 1670. The van der Waals surface area contributed by atoms with Crippen molar-refractivity contribution in [2.45, 2.75) is 51.2 Å². The first-order valence-electron chi connectivity index (χ1n) is 12.9. The minimum Gasteiger partial charge on any atom is -0.373 e. The van der Waals surface area contributed by atoms with Crippen LogP contribution in [-0.4, -0.2) is 31.3 Å².